The van der Waals surface area contributed by atoms with Crippen LogP contribution >= 0.6 is 0 Å². The molecular formula is C14H32N4O4. The molecule has 0 radical (unpaired) electrons. The molecule has 3 atom stereocenters. The Kier molecular flexibility index (Phi) is 9.58. The van der Waals surface area contributed by atoms with E-state index in [1.54, 1.807) is 11.2 Å². The Labute approximate surface area is 133 Å². The molecule has 0 bridgehead atoms. The minimum Gasteiger partial charge on any atom is -0.401 e. The van der Waals surface area contributed by atoms with Crippen LogP contribution in [0.15, 0.2) is 11.9 Å². The first-order valence-electron chi connectivity index (χ1n) is 7.32. The van der Waals surface area contributed by atoms with Crippen LogP contribution in [0.25, 0.3) is 0 Å². The van der Waals surface area contributed by atoms with E-state index >= 15 is 0 Å². The average molecular weight is 320 g/mol. The third-order valence-electron chi connectivity index (χ3n) is 3.24. The molecule has 132 valence electrons. The first-order valence-corrected chi connectivity index (χ1v) is 7.32. The SMILES string of the molecule is C/C(N)=C/N(N)C1CCOC2COC(C)(C)OC21.CN.CO. The van der Waals surface area contributed by atoms with Crippen LogP contribution in [0.4, 0.5) is 0 Å². The first kappa shape index (κ1) is 21.1. The molecule has 2 rings (SSSR count). The smallest absolute Gasteiger partial charge is 0.163 e. The lowest BCUT2D eigenvalue weighted by molar-refractivity contribution is -0.329. The largest absolute Gasteiger partial charge is 0.401 e. The summed E-state index contributed by atoms with van der Waals surface area (Å²) in [5.74, 6) is 5.45. The predicted molar refractivity (Wildman–Crippen MR) is 85.3 cm³/mol. The van der Waals surface area contributed by atoms with Gasteiger partial charge in [-0.3, -0.25) is 0 Å². The predicted octanol–water partition coefficient (Wildman–Crippen LogP) is -0.525. The maximum absolute atomic E-state index is 7.00. The average Bonchev–Trinajstić information content (AvgIpc) is 2.49. The molecule has 2 saturated heterocycles. The lowest BCUT2D eigenvalue weighted by Crippen LogP contribution is -2.61. The number of fused-ring (bicyclic) bond motifs is 1. The van der Waals surface area contributed by atoms with Gasteiger partial charge in [0.15, 0.2) is 5.79 Å². The zero-order chi connectivity index (χ0) is 17.3. The van der Waals surface area contributed by atoms with Crippen molar-refractivity contribution in [2.75, 3.05) is 27.4 Å². The number of ether oxygens (including phenoxy) is 3. The summed E-state index contributed by atoms with van der Waals surface area (Å²) in [5.41, 5.74) is 10.8. The summed E-state index contributed by atoms with van der Waals surface area (Å²) in [5, 5.41) is 8.64. The quantitative estimate of drug-likeness (QED) is 0.395. The number of hydrogen-bond acceptors (Lipinski definition) is 8. The van der Waals surface area contributed by atoms with Crippen LogP contribution in [0.3, 0.4) is 0 Å². The Bertz CT molecular complexity index is 335. The van der Waals surface area contributed by atoms with E-state index in [1.165, 1.54) is 7.05 Å². The molecule has 0 aromatic rings. The Morgan fingerprint density at radius 3 is 2.45 bits per heavy atom. The molecule has 3 unspecified atom stereocenters. The van der Waals surface area contributed by atoms with Crippen molar-refractivity contribution in [3.05, 3.63) is 11.9 Å². The van der Waals surface area contributed by atoms with Crippen LogP contribution in [0.1, 0.15) is 27.2 Å². The van der Waals surface area contributed by atoms with Crippen molar-refractivity contribution in [3.8, 4) is 0 Å². The van der Waals surface area contributed by atoms with E-state index in [9.17, 15) is 0 Å². The van der Waals surface area contributed by atoms with Crippen molar-refractivity contribution < 1.29 is 19.3 Å². The number of hydrazine groups is 1. The van der Waals surface area contributed by atoms with E-state index in [-0.39, 0.29) is 18.2 Å². The summed E-state index contributed by atoms with van der Waals surface area (Å²) in [6.07, 6.45) is 2.40. The number of hydrogen-bond donors (Lipinski definition) is 4. The summed E-state index contributed by atoms with van der Waals surface area (Å²) in [7, 11) is 2.50. The van der Waals surface area contributed by atoms with E-state index in [4.69, 9.17) is 30.9 Å². The second-order valence-electron chi connectivity index (χ2n) is 5.38. The summed E-state index contributed by atoms with van der Waals surface area (Å²) < 4.78 is 17.2. The number of aliphatic hydroxyl groups excluding tert-OH is 1. The van der Waals surface area contributed by atoms with Crippen molar-refractivity contribution in [1.29, 1.82) is 0 Å². The van der Waals surface area contributed by atoms with Gasteiger partial charge in [-0.25, -0.2) is 5.84 Å². The molecule has 8 nitrogen and oxygen atoms in total. The summed E-state index contributed by atoms with van der Waals surface area (Å²) in [6.45, 7) is 6.81. The van der Waals surface area contributed by atoms with Gasteiger partial charge in [0.2, 0.25) is 0 Å². The molecule has 0 amide bonds. The van der Waals surface area contributed by atoms with Crippen molar-refractivity contribution in [2.45, 2.75) is 51.2 Å². The van der Waals surface area contributed by atoms with Gasteiger partial charge in [0.05, 0.1) is 12.6 Å². The van der Waals surface area contributed by atoms with Gasteiger partial charge >= 0.3 is 0 Å². The van der Waals surface area contributed by atoms with Gasteiger partial charge in [0.1, 0.15) is 12.2 Å². The van der Waals surface area contributed by atoms with Gasteiger partial charge in [-0.05, 0) is 34.2 Å². The van der Waals surface area contributed by atoms with Gasteiger partial charge in [0, 0.05) is 25.6 Å². The summed E-state index contributed by atoms with van der Waals surface area (Å²) in [6, 6.07) is 0.0606. The van der Waals surface area contributed by atoms with Gasteiger partial charge < -0.3 is 35.8 Å². The zero-order valence-corrected chi connectivity index (χ0v) is 14.3. The van der Waals surface area contributed by atoms with Crippen LogP contribution < -0.4 is 17.3 Å². The highest BCUT2D eigenvalue weighted by molar-refractivity contribution is 4.98. The number of aliphatic hydroxyl groups is 1. The Morgan fingerprint density at radius 1 is 1.32 bits per heavy atom. The normalized spacial score (nSPS) is 30.0. The van der Waals surface area contributed by atoms with E-state index < -0.39 is 5.79 Å². The Balaban J connectivity index is 0.00000102. The maximum Gasteiger partial charge on any atom is 0.163 e. The number of nitrogens with zero attached hydrogens (tertiary/aromatic N) is 1. The standard InChI is InChI=1S/C12H23N3O3.CH5N.CH4O/c1-8(13)6-15(14)9-4-5-16-10-7-17-12(2,3)18-11(9)10;2*1-2/h6,9-11H,4-5,7,13-14H2,1-3H3;2H2,1H3;2H,1H3/b8-6-;;. The Hall–Kier alpha value is -0.900. The molecule has 22 heavy (non-hydrogen) atoms. The molecule has 2 aliphatic heterocycles. The molecule has 8 heteroatoms. The Morgan fingerprint density at radius 2 is 1.91 bits per heavy atom. The molecule has 2 fully saturated rings. The fourth-order valence-electron chi connectivity index (χ4n) is 2.44. The second kappa shape index (κ2) is 9.98. The van der Waals surface area contributed by atoms with Gasteiger partial charge in [-0.15, -0.1) is 0 Å². The zero-order valence-electron chi connectivity index (χ0n) is 14.3. The summed E-state index contributed by atoms with van der Waals surface area (Å²) >= 11 is 0. The van der Waals surface area contributed by atoms with Crippen molar-refractivity contribution in [3.63, 3.8) is 0 Å². The highest BCUT2D eigenvalue weighted by Crippen LogP contribution is 2.31. The molecular weight excluding hydrogens is 288 g/mol. The number of nitrogens with two attached hydrogens (primary N) is 3. The lowest BCUT2D eigenvalue weighted by atomic mass is 9.97. The van der Waals surface area contributed by atoms with E-state index in [1.807, 2.05) is 20.8 Å². The minimum atomic E-state index is -0.595. The van der Waals surface area contributed by atoms with Crippen LogP contribution in [0, 0.1) is 0 Å². The fourth-order valence-corrected chi connectivity index (χ4v) is 2.44. The monoisotopic (exact) mass is 320 g/mol. The van der Waals surface area contributed by atoms with Crippen molar-refractivity contribution >= 4 is 0 Å². The number of allylic oxidation sites excluding steroid dienone is 1. The highest BCUT2D eigenvalue weighted by Gasteiger charge is 2.45. The van der Waals surface area contributed by atoms with Crippen LogP contribution in [0.5, 0.6) is 0 Å². The molecule has 7 N–H and O–H groups in total. The van der Waals surface area contributed by atoms with E-state index in [2.05, 4.69) is 5.73 Å². The molecule has 0 aromatic carbocycles. The number of rotatable bonds is 2. The fraction of sp³-hybridized carbons (Fsp3) is 0.857. The topological polar surface area (TPSA) is 129 Å². The van der Waals surface area contributed by atoms with E-state index in [0.29, 0.717) is 18.9 Å². The van der Waals surface area contributed by atoms with Crippen molar-refractivity contribution in [1.82, 2.24) is 5.01 Å². The third-order valence-corrected chi connectivity index (χ3v) is 3.24. The van der Waals surface area contributed by atoms with E-state index in [0.717, 1.165) is 13.5 Å². The highest BCUT2D eigenvalue weighted by atomic mass is 16.7. The van der Waals surface area contributed by atoms with Gasteiger partial charge in [-0.1, -0.05) is 0 Å². The molecule has 2 heterocycles. The second-order valence-corrected chi connectivity index (χ2v) is 5.38. The van der Waals surface area contributed by atoms with Crippen LogP contribution in [0.2, 0.25) is 0 Å². The van der Waals surface area contributed by atoms with Crippen LogP contribution in [-0.2, 0) is 14.2 Å². The molecule has 2 aliphatic rings. The first-order chi connectivity index (χ1) is 10.4. The molecule has 0 saturated carbocycles. The van der Waals surface area contributed by atoms with Crippen molar-refractivity contribution in [2.24, 2.45) is 17.3 Å². The molecule has 0 spiro atoms. The summed E-state index contributed by atoms with van der Waals surface area (Å²) in [4.78, 5) is 0. The van der Waals surface area contributed by atoms with Gasteiger partial charge in [-0.2, -0.15) is 0 Å². The van der Waals surface area contributed by atoms with Crippen LogP contribution in [-0.4, -0.2) is 61.5 Å². The molecule has 0 aliphatic carbocycles. The third kappa shape index (κ3) is 6.07. The maximum atomic E-state index is 7.00. The minimum absolute atomic E-state index is 0.0606. The van der Waals surface area contributed by atoms with Gasteiger partial charge in [0.25, 0.3) is 0 Å². The lowest BCUT2D eigenvalue weighted by Gasteiger charge is -2.48. The molecule has 0 aromatic heterocycles.